The number of carbonyl (C=O) groups excluding carboxylic acids is 1. The first-order valence-corrected chi connectivity index (χ1v) is 8.96. The molecule has 6 nitrogen and oxygen atoms in total. The highest BCUT2D eigenvalue weighted by Gasteiger charge is 2.23. The molecule has 1 unspecified atom stereocenters. The lowest BCUT2D eigenvalue weighted by molar-refractivity contribution is -0.384. The summed E-state index contributed by atoms with van der Waals surface area (Å²) in [5, 5.41) is 14.1. The lowest BCUT2D eigenvalue weighted by Crippen LogP contribution is -2.44. The molecule has 1 N–H and O–H groups in total. The van der Waals surface area contributed by atoms with Gasteiger partial charge < -0.3 is 10.2 Å². The Hall–Kier alpha value is -1.60. The van der Waals surface area contributed by atoms with Gasteiger partial charge in [-0.25, -0.2) is 0 Å². The first kappa shape index (κ1) is 17.7. The first-order valence-electron chi connectivity index (χ1n) is 7.81. The van der Waals surface area contributed by atoms with E-state index in [9.17, 15) is 14.9 Å². The topological polar surface area (TPSA) is 75.5 Å². The van der Waals surface area contributed by atoms with E-state index in [0.29, 0.717) is 13.0 Å². The molecule has 0 aliphatic carbocycles. The van der Waals surface area contributed by atoms with Crippen molar-refractivity contribution in [3.8, 4) is 0 Å². The second-order valence-corrected chi connectivity index (χ2v) is 7.12. The van der Waals surface area contributed by atoms with Crippen molar-refractivity contribution >= 4 is 23.4 Å². The van der Waals surface area contributed by atoms with Crippen LogP contribution in [0, 0.1) is 10.1 Å². The average Bonchev–Trinajstić information content (AvgIpc) is 2.53. The number of hydrogen-bond donors (Lipinski definition) is 1. The van der Waals surface area contributed by atoms with Gasteiger partial charge in [0.1, 0.15) is 0 Å². The molecule has 1 amide bonds. The minimum absolute atomic E-state index is 0.0691. The molecular weight excluding hydrogens is 314 g/mol. The van der Waals surface area contributed by atoms with Crippen LogP contribution in [0.2, 0.25) is 0 Å². The SMILES string of the molecule is CC(C)N(Cc1ccc([N+](=O)[O-])cc1)C(=O)CC1CSCCN1. The summed E-state index contributed by atoms with van der Waals surface area (Å²) in [5.74, 6) is 2.19. The number of nitrogens with zero attached hydrogens (tertiary/aromatic N) is 2. The van der Waals surface area contributed by atoms with Crippen molar-refractivity contribution in [1.29, 1.82) is 0 Å². The fraction of sp³-hybridized carbons (Fsp3) is 0.562. The molecule has 0 spiro atoms. The van der Waals surface area contributed by atoms with Crippen molar-refractivity contribution in [1.82, 2.24) is 10.2 Å². The minimum Gasteiger partial charge on any atom is -0.336 e. The van der Waals surface area contributed by atoms with Gasteiger partial charge in [0, 0.05) is 55.2 Å². The Morgan fingerprint density at radius 3 is 2.65 bits per heavy atom. The highest BCUT2D eigenvalue weighted by Crippen LogP contribution is 2.17. The normalized spacial score (nSPS) is 18.0. The van der Waals surface area contributed by atoms with Crippen LogP contribution in [0.25, 0.3) is 0 Å². The minimum atomic E-state index is -0.415. The first-order chi connectivity index (χ1) is 11.0. The summed E-state index contributed by atoms with van der Waals surface area (Å²) in [6.07, 6.45) is 0.498. The summed E-state index contributed by atoms with van der Waals surface area (Å²) < 4.78 is 0. The van der Waals surface area contributed by atoms with Crippen LogP contribution in [0.1, 0.15) is 25.8 Å². The number of nitro benzene ring substituents is 1. The van der Waals surface area contributed by atoms with E-state index in [-0.39, 0.29) is 23.7 Å². The summed E-state index contributed by atoms with van der Waals surface area (Å²) >= 11 is 1.88. The Morgan fingerprint density at radius 1 is 1.43 bits per heavy atom. The van der Waals surface area contributed by atoms with Gasteiger partial charge in [-0.3, -0.25) is 14.9 Å². The number of thioether (sulfide) groups is 1. The zero-order valence-electron chi connectivity index (χ0n) is 13.5. The molecule has 23 heavy (non-hydrogen) atoms. The number of rotatable bonds is 6. The van der Waals surface area contributed by atoms with Gasteiger partial charge in [-0.05, 0) is 19.4 Å². The van der Waals surface area contributed by atoms with E-state index >= 15 is 0 Å². The maximum atomic E-state index is 12.6. The zero-order chi connectivity index (χ0) is 16.8. The molecule has 1 aromatic carbocycles. The van der Waals surface area contributed by atoms with Gasteiger partial charge in [-0.1, -0.05) is 12.1 Å². The van der Waals surface area contributed by atoms with Crippen molar-refractivity contribution in [2.45, 2.75) is 38.9 Å². The van der Waals surface area contributed by atoms with E-state index in [1.165, 1.54) is 12.1 Å². The second-order valence-electron chi connectivity index (χ2n) is 5.97. The predicted octanol–water partition coefficient (Wildman–Crippen LogP) is 2.43. The van der Waals surface area contributed by atoms with Gasteiger partial charge in [-0.15, -0.1) is 0 Å². The third-order valence-corrected chi connectivity index (χ3v) is 4.99. The average molecular weight is 337 g/mol. The fourth-order valence-corrected chi connectivity index (χ4v) is 3.51. The molecule has 1 heterocycles. The van der Waals surface area contributed by atoms with Gasteiger partial charge >= 0.3 is 0 Å². The summed E-state index contributed by atoms with van der Waals surface area (Å²) in [6, 6.07) is 6.73. The smallest absolute Gasteiger partial charge is 0.269 e. The highest BCUT2D eigenvalue weighted by molar-refractivity contribution is 7.99. The Bertz CT molecular complexity index is 542. The second kappa shape index (κ2) is 8.31. The van der Waals surface area contributed by atoms with Crippen LogP contribution >= 0.6 is 11.8 Å². The maximum Gasteiger partial charge on any atom is 0.269 e. The Balaban J connectivity index is 1.99. The predicted molar refractivity (Wildman–Crippen MR) is 92.5 cm³/mol. The number of amides is 1. The van der Waals surface area contributed by atoms with Crippen molar-refractivity contribution < 1.29 is 9.72 Å². The molecule has 1 saturated heterocycles. The molecule has 126 valence electrons. The molecule has 7 heteroatoms. The lowest BCUT2D eigenvalue weighted by atomic mass is 10.1. The third kappa shape index (κ3) is 5.21. The Morgan fingerprint density at radius 2 is 2.13 bits per heavy atom. The molecule has 1 aliphatic heterocycles. The molecule has 0 saturated carbocycles. The van der Waals surface area contributed by atoms with Crippen LogP contribution in [-0.2, 0) is 11.3 Å². The van der Waals surface area contributed by atoms with Gasteiger partial charge in [-0.2, -0.15) is 11.8 Å². The van der Waals surface area contributed by atoms with Gasteiger partial charge in [0.2, 0.25) is 5.91 Å². The maximum absolute atomic E-state index is 12.6. The molecule has 0 bridgehead atoms. The highest BCUT2D eigenvalue weighted by atomic mass is 32.2. The molecular formula is C16H23N3O3S. The van der Waals surface area contributed by atoms with Crippen molar-refractivity contribution in [2.24, 2.45) is 0 Å². The van der Waals surface area contributed by atoms with E-state index in [1.54, 1.807) is 12.1 Å². The van der Waals surface area contributed by atoms with Crippen molar-refractivity contribution in [2.75, 3.05) is 18.1 Å². The van der Waals surface area contributed by atoms with E-state index in [0.717, 1.165) is 23.6 Å². The monoisotopic (exact) mass is 337 g/mol. The quantitative estimate of drug-likeness (QED) is 0.637. The van der Waals surface area contributed by atoms with Crippen LogP contribution in [0.5, 0.6) is 0 Å². The van der Waals surface area contributed by atoms with Crippen LogP contribution in [-0.4, -0.2) is 45.9 Å². The molecule has 1 atom stereocenters. The largest absolute Gasteiger partial charge is 0.336 e. The van der Waals surface area contributed by atoms with Crippen LogP contribution in [0.15, 0.2) is 24.3 Å². The lowest BCUT2D eigenvalue weighted by Gasteiger charge is -2.30. The molecule has 1 fully saturated rings. The number of carbonyl (C=O) groups is 1. The number of hydrogen-bond acceptors (Lipinski definition) is 5. The molecule has 0 aromatic heterocycles. The van der Waals surface area contributed by atoms with Gasteiger partial charge in [0.05, 0.1) is 4.92 Å². The van der Waals surface area contributed by atoms with Gasteiger partial charge in [0.25, 0.3) is 5.69 Å². The molecule has 1 aliphatic rings. The van der Waals surface area contributed by atoms with E-state index in [1.807, 2.05) is 30.5 Å². The van der Waals surface area contributed by atoms with Crippen molar-refractivity contribution in [3.05, 3.63) is 39.9 Å². The molecule has 2 rings (SSSR count). The number of nitrogens with one attached hydrogen (secondary N) is 1. The Labute approximate surface area is 140 Å². The number of benzene rings is 1. The Kier molecular flexibility index (Phi) is 6.41. The van der Waals surface area contributed by atoms with E-state index in [2.05, 4.69) is 5.32 Å². The fourth-order valence-electron chi connectivity index (χ4n) is 2.56. The molecule has 1 aromatic rings. The van der Waals surface area contributed by atoms with E-state index in [4.69, 9.17) is 0 Å². The summed E-state index contributed by atoms with van der Waals surface area (Å²) in [6.45, 7) is 5.42. The summed E-state index contributed by atoms with van der Waals surface area (Å²) in [5.41, 5.74) is 0.975. The van der Waals surface area contributed by atoms with Crippen LogP contribution < -0.4 is 5.32 Å². The number of non-ortho nitro benzene ring substituents is 1. The standard InChI is InChI=1S/C16H23N3O3S/c1-12(2)18(16(20)9-14-11-23-8-7-17-14)10-13-3-5-15(6-4-13)19(21)22/h3-6,12,14,17H,7-11H2,1-2H3. The van der Waals surface area contributed by atoms with E-state index < -0.39 is 4.92 Å². The zero-order valence-corrected chi connectivity index (χ0v) is 14.3. The van der Waals surface area contributed by atoms with Gasteiger partial charge in [0.15, 0.2) is 0 Å². The third-order valence-electron chi connectivity index (χ3n) is 3.86. The number of nitro groups is 1. The van der Waals surface area contributed by atoms with Crippen LogP contribution in [0.4, 0.5) is 5.69 Å². The summed E-state index contributed by atoms with van der Waals surface area (Å²) in [7, 11) is 0. The summed E-state index contributed by atoms with van der Waals surface area (Å²) in [4.78, 5) is 24.7. The molecule has 0 radical (unpaired) electrons. The van der Waals surface area contributed by atoms with Crippen LogP contribution in [0.3, 0.4) is 0 Å². The van der Waals surface area contributed by atoms with Crippen molar-refractivity contribution in [3.63, 3.8) is 0 Å².